The molecule has 7 nitrogen and oxygen atoms in total. The summed E-state index contributed by atoms with van der Waals surface area (Å²) in [4.78, 5) is 16.2. The van der Waals surface area contributed by atoms with E-state index in [4.69, 9.17) is 9.88 Å². The molecule has 154 valence electrons. The van der Waals surface area contributed by atoms with Crippen molar-refractivity contribution in [3.05, 3.63) is 84.2 Å². The van der Waals surface area contributed by atoms with Crippen LogP contribution in [0.4, 0.5) is 15.8 Å². The standard InChI is InChI=1S/C21H18FN3O4S/c22-16-3-5-18(6-4-16)25-21(26)14-29-19-9-1-15(2-10-19)13-24-17-7-11-20(12-8-17)30(23,27)28/h1-13H,14H2,(H,25,26)(H2,23,27,28). The predicted molar refractivity (Wildman–Crippen MR) is 112 cm³/mol. The third-order valence-electron chi connectivity index (χ3n) is 3.91. The molecule has 0 unspecified atom stereocenters. The Hall–Kier alpha value is -3.56. The van der Waals surface area contributed by atoms with E-state index in [1.165, 1.54) is 36.4 Å². The van der Waals surface area contributed by atoms with Crippen LogP contribution in [-0.4, -0.2) is 27.1 Å². The van der Waals surface area contributed by atoms with E-state index in [2.05, 4.69) is 10.3 Å². The number of carbonyl (C=O) groups is 1. The lowest BCUT2D eigenvalue weighted by Crippen LogP contribution is -2.20. The maximum atomic E-state index is 12.9. The lowest BCUT2D eigenvalue weighted by atomic mass is 10.2. The van der Waals surface area contributed by atoms with E-state index in [0.29, 0.717) is 17.1 Å². The van der Waals surface area contributed by atoms with E-state index in [0.717, 1.165) is 5.56 Å². The van der Waals surface area contributed by atoms with Gasteiger partial charge in [0.1, 0.15) is 11.6 Å². The summed E-state index contributed by atoms with van der Waals surface area (Å²) in [5.74, 6) is -0.248. The Morgan fingerprint density at radius 3 is 2.23 bits per heavy atom. The molecule has 0 bridgehead atoms. The first-order valence-electron chi connectivity index (χ1n) is 8.75. The number of amides is 1. The number of hydrogen-bond acceptors (Lipinski definition) is 5. The van der Waals surface area contributed by atoms with E-state index in [-0.39, 0.29) is 23.2 Å². The Balaban J connectivity index is 1.52. The maximum absolute atomic E-state index is 12.9. The smallest absolute Gasteiger partial charge is 0.262 e. The maximum Gasteiger partial charge on any atom is 0.262 e. The number of primary sulfonamides is 1. The highest BCUT2D eigenvalue weighted by atomic mass is 32.2. The van der Waals surface area contributed by atoms with Crippen molar-refractivity contribution in [3.8, 4) is 5.75 Å². The van der Waals surface area contributed by atoms with Gasteiger partial charge in [0.05, 0.1) is 10.6 Å². The molecule has 1 amide bonds. The summed E-state index contributed by atoms with van der Waals surface area (Å²) in [6, 6.07) is 18.2. The minimum absolute atomic E-state index is 0.0198. The van der Waals surface area contributed by atoms with Crippen LogP contribution < -0.4 is 15.2 Å². The van der Waals surface area contributed by atoms with Crippen LogP contribution in [0.1, 0.15) is 5.56 Å². The van der Waals surface area contributed by atoms with Gasteiger partial charge in [-0.1, -0.05) is 0 Å². The largest absolute Gasteiger partial charge is 0.484 e. The van der Waals surface area contributed by atoms with Gasteiger partial charge in [-0.25, -0.2) is 17.9 Å². The van der Waals surface area contributed by atoms with Gasteiger partial charge in [-0.3, -0.25) is 9.79 Å². The van der Waals surface area contributed by atoms with Gasteiger partial charge in [0.25, 0.3) is 5.91 Å². The van der Waals surface area contributed by atoms with Gasteiger partial charge in [0, 0.05) is 11.9 Å². The Bertz CT molecular complexity index is 1140. The molecule has 30 heavy (non-hydrogen) atoms. The van der Waals surface area contributed by atoms with Gasteiger partial charge < -0.3 is 10.1 Å². The summed E-state index contributed by atoms with van der Waals surface area (Å²) < 4.78 is 40.8. The first kappa shape index (κ1) is 21.2. The van der Waals surface area contributed by atoms with Gasteiger partial charge in [-0.15, -0.1) is 0 Å². The monoisotopic (exact) mass is 427 g/mol. The molecule has 0 atom stereocenters. The van der Waals surface area contributed by atoms with Crippen molar-refractivity contribution in [2.24, 2.45) is 10.1 Å². The molecular weight excluding hydrogens is 409 g/mol. The highest BCUT2D eigenvalue weighted by Crippen LogP contribution is 2.17. The molecule has 0 radical (unpaired) electrons. The lowest BCUT2D eigenvalue weighted by molar-refractivity contribution is -0.118. The second kappa shape index (κ2) is 9.29. The third-order valence-corrected chi connectivity index (χ3v) is 4.84. The molecular formula is C21H18FN3O4S. The van der Waals surface area contributed by atoms with Crippen molar-refractivity contribution in [3.63, 3.8) is 0 Å². The van der Waals surface area contributed by atoms with Gasteiger partial charge >= 0.3 is 0 Å². The van der Waals surface area contributed by atoms with Crippen LogP contribution in [0.15, 0.2) is 82.7 Å². The molecule has 0 aliphatic heterocycles. The topological polar surface area (TPSA) is 111 Å². The van der Waals surface area contributed by atoms with Gasteiger partial charge in [0.2, 0.25) is 10.0 Å². The van der Waals surface area contributed by atoms with E-state index in [9.17, 15) is 17.6 Å². The van der Waals surface area contributed by atoms with Crippen LogP contribution in [0.2, 0.25) is 0 Å². The Labute approximate surface area is 173 Å². The third kappa shape index (κ3) is 6.23. The minimum Gasteiger partial charge on any atom is -0.484 e. The van der Waals surface area contributed by atoms with Crippen molar-refractivity contribution >= 4 is 33.5 Å². The number of anilines is 1. The van der Waals surface area contributed by atoms with Gasteiger partial charge in [-0.05, 0) is 78.4 Å². The first-order valence-corrected chi connectivity index (χ1v) is 10.3. The molecule has 3 N–H and O–H groups in total. The van der Waals surface area contributed by atoms with Crippen LogP contribution >= 0.6 is 0 Å². The number of ether oxygens (including phenoxy) is 1. The fourth-order valence-corrected chi connectivity index (χ4v) is 2.92. The second-order valence-electron chi connectivity index (χ2n) is 6.21. The highest BCUT2D eigenvalue weighted by Gasteiger charge is 2.06. The fourth-order valence-electron chi connectivity index (χ4n) is 2.40. The van der Waals surface area contributed by atoms with E-state index in [1.54, 1.807) is 42.6 Å². The molecule has 0 aromatic heterocycles. The number of hydrogen-bond donors (Lipinski definition) is 2. The number of aliphatic imine (C=N–C) groups is 1. The summed E-state index contributed by atoms with van der Waals surface area (Å²) in [6.07, 6.45) is 1.61. The summed E-state index contributed by atoms with van der Waals surface area (Å²) in [6.45, 7) is -0.193. The molecule has 9 heteroatoms. The zero-order valence-corrected chi connectivity index (χ0v) is 16.5. The average molecular weight is 427 g/mol. The Morgan fingerprint density at radius 2 is 1.63 bits per heavy atom. The van der Waals surface area contributed by atoms with Crippen LogP contribution in [0.3, 0.4) is 0 Å². The molecule has 0 aliphatic carbocycles. The van der Waals surface area contributed by atoms with E-state index < -0.39 is 10.0 Å². The fraction of sp³-hybridized carbons (Fsp3) is 0.0476. The number of benzene rings is 3. The number of carbonyl (C=O) groups excluding carboxylic acids is 1. The van der Waals surface area contributed by atoms with Crippen LogP contribution in [-0.2, 0) is 14.8 Å². The van der Waals surface area contributed by atoms with Crippen molar-refractivity contribution in [2.45, 2.75) is 4.90 Å². The average Bonchev–Trinajstić information content (AvgIpc) is 2.73. The number of halogens is 1. The SMILES string of the molecule is NS(=O)(=O)c1ccc(N=Cc2ccc(OCC(=O)Nc3ccc(F)cc3)cc2)cc1. The molecule has 0 fully saturated rings. The zero-order chi connectivity index (χ0) is 21.6. The molecule has 0 aliphatic rings. The quantitative estimate of drug-likeness (QED) is 0.564. The molecule has 0 saturated heterocycles. The van der Waals surface area contributed by atoms with Gasteiger partial charge in [0.15, 0.2) is 6.61 Å². The summed E-state index contributed by atoms with van der Waals surface area (Å²) in [5.41, 5.74) is 1.84. The summed E-state index contributed by atoms with van der Waals surface area (Å²) in [5, 5.41) is 7.66. The first-order chi connectivity index (χ1) is 14.3. The summed E-state index contributed by atoms with van der Waals surface area (Å²) in [7, 11) is -3.73. The van der Waals surface area contributed by atoms with Crippen molar-refractivity contribution in [1.29, 1.82) is 0 Å². The van der Waals surface area contributed by atoms with Crippen LogP contribution in [0.25, 0.3) is 0 Å². The second-order valence-corrected chi connectivity index (χ2v) is 7.77. The zero-order valence-electron chi connectivity index (χ0n) is 15.7. The normalized spacial score (nSPS) is 11.4. The molecule has 0 saturated carbocycles. The molecule has 3 aromatic carbocycles. The lowest BCUT2D eigenvalue weighted by Gasteiger charge is -2.07. The number of nitrogens with one attached hydrogen (secondary N) is 1. The Morgan fingerprint density at radius 1 is 1.00 bits per heavy atom. The van der Waals surface area contributed by atoms with Crippen molar-refractivity contribution in [1.82, 2.24) is 0 Å². The highest BCUT2D eigenvalue weighted by molar-refractivity contribution is 7.89. The predicted octanol–water partition coefficient (Wildman–Crippen LogP) is 3.24. The number of rotatable bonds is 7. The van der Waals surface area contributed by atoms with Crippen molar-refractivity contribution in [2.75, 3.05) is 11.9 Å². The summed E-state index contributed by atoms with van der Waals surface area (Å²) >= 11 is 0. The van der Waals surface area contributed by atoms with Crippen molar-refractivity contribution < 1.29 is 22.3 Å². The number of sulfonamides is 1. The van der Waals surface area contributed by atoms with Gasteiger partial charge in [-0.2, -0.15) is 0 Å². The van der Waals surface area contributed by atoms with Crippen LogP contribution in [0.5, 0.6) is 5.75 Å². The minimum atomic E-state index is -3.73. The molecule has 0 spiro atoms. The van der Waals surface area contributed by atoms with Crippen LogP contribution in [0, 0.1) is 5.82 Å². The van der Waals surface area contributed by atoms with E-state index in [1.807, 2.05) is 0 Å². The van der Waals surface area contributed by atoms with E-state index >= 15 is 0 Å². The number of nitrogens with two attached hydrogens (primary N) is 1. The molecule has 3 aromatic rings. The number of nitrogens with zero attached hydrogens (tertiary/aromatic N) is 1. The molecule has 3 rings (SSSR count). The molecule has 0 heterocycles. The Kier molecular flexibility index (Phi) is 6.55.